The number of hydrogen-bond acceptors (Lipinski definition) is 6. The lowest BCUT2D eigenvalue weighted by Gasteiger charge is -2.39. The Kier molecular flexibility index (Phi) is 7.61. The number of amides is 1. The molecule has 1 aliphatic heterocycles. The van der Waals surface area contributed by atoms with E-state index in [1.165, 1.54) is 6.07 Å². The minimum absolute atomic E-state index is 0.0387. The molecule has 1 fully saturated rings. The summed E-state index contributed by atoms with van der Waals surface area (Å²) >= 11 is 0. The molecule has 2 rings (SSSR count). The van der Waals surface area contributed by atoms with Gasteiger partial charge in [0.2, 0.25) is 9.76 Å². The number of rotatable bonds is 6. The zero-order valence-electron chi connectivity index (χ0n) is 20.0. The largest absolute Gasteiger partial charge is 0.488 e. The number of halogens is 1. The molecule has 1 aromatic carbocycles. The molecule has 0 aliphatic carbocycles. The number of benzene rings is 1. The summed E-state index contributed by atoms with van der Waals surface area (Å²) < 4.78 is 31.5. The summed E-state index contributed by atoms with van der Waals surface area (Å²) in [5.74, 6) is -0.718. The third-order valence-electron chi connectivity index (χ3n) is 4.68. The quantitative estimate of drug-likeness (QED) is 0.327. The van der Waals surface area contributed by atoms with Crippen molar-refractivity contribution < 1.29 is 28.0 Å². The molecular weight excluding hydrogens is 435 g/mol. The van der Waals surface area contributed by atoms with Crippen molar-refractivity contribution in [3.63, 3.8) is 0 Å². The molecular formula is C22H33FN2O6Si. The fraction of sp³-hybridized carbons (Fsp3) is 0.682. The summed E-state index contributed by atoms with van der Waals surface area (Å²) in [4.78, 5) is 24.9. The van der Waals surface area contributed by atoms with Crippen molar-refractivity contribution >= 4 is 21.5 Å². The molecule has 1 saturated heterocycles. The Bertz CT molecular complexity index is 850. The van der Waals surface area contributed by atoms with Crippen molar-refractivity contribution in [2.24, 2.45) is 0 Å². The molecule has 10 heteroatoms. The van der Waals surface area contributed by atoms with E-state index in [1.807, 2.05) is 13.8 Å². The van der Waals surface area contributed by atoms with Crippen LogP contribution in [-0.4, -0.2) is 55.6 Å². The van der Waals surface area contributed by atoms with E-state index < -0.39 is 39.8 Å². The van der Waals surface area contributed by atoms with Gasteiger partial charge >= 0.3 is 6.09 Å². The van der Waals surface area contributed by atoms with Crippen molar-refractivity contribution in [2.45, 2.75) is 90.2 Å². The first kappa shape index (κ1) is 26.1. The molecule has 0 bridgehead atoms. The van der Waals surface area contributed by atoms with Crippen LogP contribution in [0.4, 0.5) is 14.9 Å². The van der Waals surface area contributed by atoms with Gasteiger partial charge in [0.15, 0.2) is 0 Å². The smallest absolute Gasteiger partial charge is 0.410 e. The summed E-state index contributed by atoms with van der Waals surface area (Å²) in [6.45, 7) is 15.6. The lowest BCUT2D eigenvalue weighted by Crippen LogP contribution is -2.51. The average Bonchev–Trinajstić information content (AvgIpc) is 3.02. The zero-order chi connectivity index (χ0) is 24.5. The Hall–Kier alpha value is -2.20. The van der Waals surface area contributed by atoms with Crippen LogP contribution in [0.2, 0.25) is 5.04 Å². The molecule has 0 aromatic heterocycles. The molecule has 0 N–H and O–H groups in total. The van der Waals surface area contributed by atoms with E-state index >= 15 is 0 Å². The number of carbonyl (C=O) groups excluding carboxylic acids is 1. The molecule has 32 heavy (non-hydrogen) atoms. The number of likely N-dealkylation sites (tertiary alicyclic amines) is 1. The van der Waals surface area contributed by atoms with Gasteiger partial charge in [-0.1, -0.05) is 20.8 Å². The van der Waals surface area contributed by atoms with Gasteiger partial charge < -0.3 is 13.9 Å². The topological polar surface area (TPSA) is 91.1 Å². The number of nitrogens with zero attached hydrogens (tertiary/aromatic N) is 2. The van der Waals surface area contributed by atoms with Gasteiger partial charge in [-0.05, 0) is 39.7 Å². The van der Waals surface area contributed by atoms with Crippen molar-refractivity contribution in [1.82, 2.24) is 4.90 Å². The summed E-state index contributed by atoms with van der Waals surface area (Å²) in [7, 11) is 0.208. The normalized spacial score (nSPS) is 19.7. The van der Waals surface area contributed by atoms with Crippen LogP contribution in [0.5, 0.6) is 5.75 Å². The first-order valence-corrected chi connectivity index (χ1v) is 11.4. The SMILES string of the molecule is CC(C)(C)OC(=O)N1CC(Oc2cc(F)cc([N+](=O)[O-])c2)CC1C(C)(C)O[Si]C(C)(C)C. The highest BCUT2D eigenvalue weighted by atomic mass is 28.2. The summed E-state index contributed by atoms with van der Waals surface area (Å²) in [5.41, 5.74) is -1.77. The van der Waals surface area contributed by atoms with Crippen LogP contribution in [0, 0.1) is 15.9 Å². The van der Waals surface area contributed by atoms with Crippen LogP contribution in [0.3, 0.4) is 0 Å². The fourth-order valence-corrected chi connectivity index (χ4v) is 4.04. The van der Waals surface area contributed by atoms with Gasteiger partial charge in [0, 0.05) is 12.5 Å². The molecule has 0 spiro atoms. The van der Waals surface area contributed by atoms with Gasteiger partial charge in [-0.3, -0.25) is 15.0 Å². The minimum Gasteiger partial charge on any atom is -0.488 e. The number of nitro groups is 1. The number of carbonyl (C=O) groups is 1. The van der Waals surface area contributed by atoms with Gasteiger partial charge in [0.25, 0.3) is 5.69 Å². The van der Waals surface area contributed by atoms with Gasteiger partial charge in [-0.2, -0.15) is 0 Å². The Balaban J connectivity index is 2.27. The lowest BCUT2D eigenvalue weighted by molar-refractivity contribution is -0.385. The maximum atomic E-state index is 13.8. The molecule has 1 amide bonds. The van der Waals surface area contributed by atoms with Crippen LogP contribution in [0.25, 0.3) is 0 Å². The van der Waals surface area contributed by atoms with E-state index in [1.54, 1.807) is 25.7 Å². The highest BCUT2D eigenvalue weighted by molar-refractivity contribution is 6.31. The highest BCUT2D eigenvalue weighted by Crippen LogP contribution is 2.35. The number of hydrogen-bond donors (Lipinski definition) is 0. The number of nitro benzene ring substituents is 1. The maximum absolute atomic E-state index is 13.8. The third kappa shape index (κ3) is 7.44. The van der Waals surface area contributed by atoms with E-state index in [0.29, 0.717) is 6.42 Å². The predicted molar refractivity (Wildman–Crippen MR) is 119 cm³/mol. The lowest BCUT2D eigenvalue weighted by atomic mass is 9.96. The molecule has 0 saturated carbocycles. The van der Waals surface area contributed by atoms with Crippen LogP contribution in [0.1, 0.15) is 61.8 Å². The molecule has 2 atom stereocenters. The predicted octanol–water partition coefficient (Wildman–Crippen LogP) is 5.12. The van der Waals surface area contributed by atoms with E-state index in [-0.39, 0.29) is 33.1 Å². The van der Waals surface area contributed by atoms with Crippen molar-refractivity contribution in [3.8, 4) is 5.75 Å². The number of ether oxygens (including phenoxy) is 2. The Morgan fingerprint density at radius 2 is 1.78 bits per heavy atom. The highest BCUT2D eigenvalue weighted by Gasteiger charge is 2.47. The minimum atomic E-state index is -0.761. The molecule has 1 aromatic rings. The summed E-state index contributed by atoms with van der Waals surface area (Å²) in [6, 6.07) is 2.75. The first-order chi connectivity index (χ1) is 14.5. The van der Waals surface area contributed by atoms with Gasteiger partial charge in [-0.15, -0.1) is 0 Å². The van der Waals surface area contributed by atoms with E-state index in [9.17, 15) is 19.3 Å². The van der Waals surface area contributed by atoms with Crippen LogP contribution < -0.4 is 4.74 Å². The third-order valence-corrected chi connectivity index (χ3v) is 5.92. The van der Waals surface area contributed by atoms with Crippen molar-refractivity contribution in [3.05, 3.63) is 34.1 Å². The molecule has 178 valence electrons. The van der Waals surface area contributed by atoms with Gasteiger partial charge in [0.1, 0.15) is 23.3 Å². The molecule has 1 heterocycles. The Morgan fingerprint density at radius 1 is 1.16 bits per heavy atom. The van der Waals surface area contributed by atoms with Crippen LogP contribution >= 0.6 is 0 Å². The van der Waals surface area contributed by atoms with Crippen molar-refractivity contribution in [1.29, 1.82) is 0 Å². The summed E-state index contributed by atoms with van der Waals surface area (Å²) in [6.07, 6.45) is -0.588. The van der Waals surface area contributed by atoms with E-state index in [4.69, 9.17) is 13.9 Å². The van der Waals surface area contributed by atoms with Crippen molar-refractivity contribution in [2.75, 3.05) is 6.54 Å². The maximum Gasteiger partial charge on any atom is 0.410 e. The Labute approximate surface area is 191 Å². The molecule has 8 nitrogen and oxygen atoms in total. The molecule has 1 aliphatic rings. The summed E-state index contributed by atoms with van der Waals surface area (Å²) in [5, 5.41) is 11.0. The number of non-ortho nitro benzene ring substituents is 1. The Morgan fingerprint density at radius 3 is 2.31 bits per heavy atom. The van der Waals surface area contributed by atoms with Gasteiger partial charge in [0.05, 0.1) is 35.2 Å². The van der Waals surface area contributed by atoms with Crippen LogP contribution in [-0.2, 0) is 9.16 Å². The molecule has 2 unspecified atom stereocenters. The standard InChI is InChI=1S/C22H33FN2O6Si/c1-20(2,3)30-19(26)24-13-17(12-18(24)22(7,8)31-32-21(4,5)6)29-16-10-14(23)9-15(11-16)25(27)28/h9-11,17-18H,12-13H2,1-8H3. The monoisotopic (exact) mass is 468 g/mol. The van der Waals surface area contributed by atoms with E-state index in [0.717, 1.165) is 12.1 Å². The second-order valence-corrected chi connectivity index (χ2v) is 12.5. The zero-order valence-corrected chi connectivity index (χ0v) is 21.0. The first-order valence-electron chi connectivity index (χ1n) is 10.5. The van der Waals surface area contributed by atoms with E-state index in [2.05, 4.69) is 20.8 Å². The second-order valence-electron chi connectivity index (χ2n) is 10.6. The fourth-order valence-electron chi connectivity index (χ4n) is 3.33. The van der Waals surface area contributed by atoms with Gasteiger partial charge in [-0.25, -0.2) is 9.18 Å². The second kappa shape index (κ2) is 9.34. The van der Waals surface area contributed by atoms with Crippen LogP contribution in [0.15, 0.2) is 18.2 Å². The molecule has 2 radical (unpaired) electrons. The average molecular weight is 469 g/mol.